The molecule has 1 amide bonds. The van der Waals surface area contributed by atoms with Gasteiger partial charge in [-0.3, -0.25) is 4.79 Å². The van der Waals surface area contributed by atoms with Gasteiger partial charge in [0.15, 0.2) is 0 Å². The molecular formula is C18H22N2O6S. The summed E-state index contributed by atoms with van der Waals surface area (Å²) in [6.45, 7) is 4.99. The number of hydrogen-bond donors (Lipinski definition) is 2. The summed E-state index contributed by atoms with van der Waals surface area (Å²) in [5.41, 5.74) is 0.240. The molecule has 0 saturated heterocycles. The molecular weight excluding hydrogens is 372 g/mol. The number of benzene rings is 1. The van der Waals surface area contributed by atoms with E-state index in [1.807, 2.05) is 0 Å². The summed E-state index contributed by atoms with van der Waals surface area (Å²) in [5.74, 6) is -0.938. The van der Waals surface area contributed by atoms with Crippen LogP contribution in [0.1, 0.15) is 46.1 Å². The van der Waals surface area contributed by atoms with Crippen LogP contribution in [-0.2, 0) is 16.6 Å². The molecule has 0 radical (unpaired) electrons. The van der Waals surface area contributed by atoms with Crippen LogP contribution in [0.4, 0.5) is 0 Å². The Morgan fingerprint density at radius 3 is 2.48 bits per heavy atom. The lowest BCUT2D eigenvalue weighted by Gasteiger charge is -2.16. The average Bonchev–Trinajstić information content (AvgIpc) is 2.93. The summed E-state index contributed by atoms with van der Waals surface area (Å²) >= 11 is 0. The number of aromatic carboxylic acids is 1. The van der Waals surface area contributed by atoms with Crippen LogP contribution < -0.4 is 4.72 Å². The number of carbonyl (C=O) groups is 2. The molecule has 2 aromatic rings. The number of nitrogens with one attached hydrogen (secondary N) is 1. The number of sulfonamides is 1. The van der Waals surface area contributed by atoms with Crippen LogP contribution in [-0.4, -0.2) is 43.4 Å². The molecule has 27 heavy (non-hydrogen) atoms. The first-order valence-corrected chi connectivity index (χ1v) is 9.70. The van der Waals surface area contributed by atoms with Crippen LogP contribution in [0.3, 0.4) is 0 Å². The Labute approximate surface area is 157 Å². The average molecular weight is 394 g/mol. The Hall–Kier alpha value is -2.65. The highest BCUT2D eigenvalue weighted by Gasteiger charge is 2.20. The highest BCUT2D eigenvalue weighted by Crippen LogP contribution is 2.18. The number of amides is 1. The van der Waals surface area contributed by atoms with Crippen molar-refractivity contribution in [1.29, 1.82) is 0 Å². The second kappa shape index (κ2) is 7.93. The van der Waals surface area contributed by atoms with Crippen molar-refractivity contribution in [2.45, 2.75) is 38.3 Å². The van der Waals surface area contributed by atoms with Crippen molar-refractivity contribution in [2.75, 3.05) is 7.05 Å². The Kier molecular flexibility index (Phi) is 6.07. The van der Waals surface area contributed by atoms with Gasteiger partial charge in [-0.25, -0.2) is 17.9 Å². The van der Waals surface area contributed by atoms with Gasteiger partial charge in [0.2, 0.25) is 10.0 Å². The van der Waals surface area contributed by atoms with E-state index in [1.54, 1.807) is 13.8 Å². The molecule has 0 saturated carbocycles. The van der Waals surface area contributed by atoms with E-state index in [-0.39, 0.29) is 34.4 Å². The minimum Gasteiger partial charge on any atom is -0.478 e. The molecule has 0 fully saturated rings. The normalized spacial score (nSPS) is 11.6. The fourth-order valence-electron chi connectivity index (χ4n) is 2.53. The number of furan rings is 1. The van der Waals surface area contributed by atoms with Crippen LogP contribution in [0.15, 0.2) is 39.6 Å². The van der Waals surface area contributed by atoms with Crippen molar-refractivity contribution in [3.8, 4) is 0 Å². The summed E-state index contributed by atoms with van der Waals surface area (Å²) in [7, 11) is -2.19. The van der Waals surface area contributed by atoms with Crippen LogP contribution >= 0.6 is 0 Å². The number of aryl methyl sites for hydroxylation is 1. The monoisotopic (exact) mass is 394 g/mol. The maximum atomic E-state index is 12.6. The molecule has 1 aromatic carbocycles. The van der Waals surface area contributed by atoms with E-state index in [0.717, 1.165) is 0 Å². The van der Waals surface area contributed by atoms with Crippen molar-refractivity contribution in [3.63, 3.8) is 0 Å². The molecule has 0 unspecified atom stereocenters. The zero-order valence-electron chi connectivity index (χ0n) is 15.5. The molecule has 0 aliphatic heterocycles. The van der Waals surface area contributed by atoms with Crippen LogP contribution in [0.2, 0.25) is 0 Å². The number of nitrogens with zero attached hydrogens (tertiary/aromatic N) is 1. The van der Waals surface area contributed by atoms with E-state index in [2.05, 4.69) is 4.72 Å². The molecule has 0 aliphatic carbocycles. The topological polar surface area (TPSA) is 117 Å². The minimum atomic E-state index is -3.72. The molecule has 0 spiro atoms. The van der Waals surface area contributed by atoms with Gasteiger partial charge < -0.3 is 14.4 Å². The van der Waals surface area contributed by atoms with Gasteiger partial charge in [-0.05, 0) is 45.0 Å². The first kappa shape index (κ1) is 20.7. The highest BCUT2D eigenvalue weighted by atomic mass is 32.2. The van der Waals surface area contributed by atoms with E-state index in [9.17, 15) is 18.0 Å². The van der Waals surface area contributed by atoms with E-state index in [1.165, 1.54) is 49.2 Å². The molecule has 2 rings (SSSR count). The molecule has 1 aromatic heterocycles. The Bertz CT molecular complexity index is 962. The third-order valence-electron chi connectivity index (χ3n) is 3.72. The Balaban J connectivity index is 2.21. The van der Waals surface area contributed by atoms with Crippen LogP contribution in [0.25, 0.3) is 0 Å². The maximum Gasteiger partial charge on any atom is 0.339 e. The molecule has 0 atom stereocenters. The maximum absolute atomic E-state index is 12.6. The number of hydrogen-bond acceptors (Lipinski definition) is 5. The largest absolute Gasteiger partial charge is 0.478 e. The summed E-state index contributed by atoms with van der Waals surface area (Å²) in [4.78, 5) is 25.0. The van der Waals surface area contributed by atoms with E-state index >= 15 is 0 Å². The summed E-state index contributed by atoms with van der Waals surface area (Å²) in [5, 5.41) is 9.07. The Morgan fingerprint density at radius 2 is 1.93 bits per heavy atom. The molecule has 0 aliphatic rings. The van der Waals surface area contributed by atoms with Crippen molar-refractivity contribution in [3.05, 3.63) is 53.0 Å². The minimum absolute atomic E-state index is 0.00236. The van der Waals surface area contributed by atoms with Crippen LogP contribution in [0.5, 0.6) is 0 Å². The fraction of sp³-hybridized carbons (Fsp3) is 0.333. The van der Waals surface area contributed by atoms with Crippen molar-refractivity contribution < 1.29 is 27.5 Å². The summed E-state index contributed by atoms with van der Waals surface area (Å²) in [6, 6.07) is 6.83. The van der Waals surface area contributed by atoms with Crippen molar-refractivity contribution in [1.82, 2.24) is 9.62 Å². The van der Waals surface area contributed by atoms with Crippen molar-refractivity contribution >= 4 is 21.9 Å². The molecule has 8 nitrogen and oxygen atoms in total. The number of carboxylic acid groups (broad SMARTS) is 1. The summed E-state index contributed by atoms with van der Waals surface area (Å²) < 4.78 is 32.4. The highest BCUT2D eigenvalue weighted by molar-refractivity contribution is 7.89. The van der Waals surface area contributed by atoms with Gasteiger partial charge in [-0.2, -0.15) is 0 Å². The van der Waals surface area contributed by atoms with Gasteiger partial charge >= 0.3 is 5.97 Å². The smallest absolute Gasteiger partial charge is 0.339 e. The van der Waals surface area contributed by atoms with Gasteiger partial charge in [0.05, 0.1) is 11.4 Å². The predicted octanol–water partition coefficient (Wildman–Crippen LogP) is 2.25. The SMILES string of the molecule is Cc1oc(CN(C)C(=O)c2cccc(S(=O)(=O)NC(C)C)c2)cc1C(=O)O. The van der Waals surface area contributed by atoms with Gasteiger partial charge in [0.25, 0.3) is 5.91 Å². The zero-order chi connectivity index (χ0) is 20.4. The lowest BCUT2D eigenvalue weighted by Crippen LogP contribution is -2.31. The lowest BCUT2D eigenvalue weighted by molar-refractivity contribution is 0.0694. The second-order valence-corrected chi connectivity index (χ2v) is 8.17. The fourth-order valence-corrected chi connectivity index (χ4v) is 3.83. The quantitative estimate of drug-likeness (QED) is 0.744. The van der Waals surface area contributed by atoms with Gasteiger partial charge in [0, 0.05) is 18.7 Å². The standard InChI is InChI=1S/C18H22N2O6S/c1-11(2)19-27(24,25)15-7-5-6-13(8-15)17(21)20(4)10-14-9-16(18(22)23)12(3)26-14/h5-9,11,19H,10H2,1-4H3,(H,22,23). The van der Waals surface area contributed by atoms with Gasteiger partial charge in [0.1, 0.15) is 17.1 Å². The van der Waals surface area contributed by atoms with E-state index in [0.29, 0.717) is 5.76 Å². The second-order valence-electron chi connectivity index (χ2n) is 6.45. The lowest BCUT2D eigenvalue weighted by atomic mass is 10.2. The summed E-state index contributed by atoms with van der Waals surface area (Å²) in [6.07, 6.45) is 0. The molecule has 146 valence electrons. The predicted molar refractivity (Wildman–Crippen MR) is 98.1 cm³/mol. The van der Waals surface area contributed by atoms with Gasteiger partial charge in [-0.1, -0.05) is 6.07 Å². The number of rotatable bonds is 7. The molecule has 9 heteroatoms. The zero-order valence-corrected chi connectivity index (χ0v) is 16.3. The van der Waals surface area contributed by atoms with Crippen LogP contribution in [0, 0.1) is 6.92 Å². The van der Waals surface area contributed by atoms with E-state index in [4.69, 9.17) is 9.52 Å². The number of carboxylic acids is 1. The third-order valence-corrected chi connectivity index (χ3v) is 5.38. The Morgan fingerprint density at radius 1 is 1.26 bits per heavy atom. The number of carbonyl (C=O) groups excluding carboxylic acids is 1. The first-order chi connectivity index (χ1) is 12.5. The first-order valence-electron chi connectivity index (χ1n) is 8.21. The molecule has 2 N–H and O–H groups in total. The molecule has 0 bridgehead atoms. The van der Waals surface area contributed by atoms with Gasteiger partial charge in [-0.15, -0.1) is 0 Å². The van der Waals surface area contributed by atoms with Crippen molar-refractivity contribution in [2.24, 2.45) is 0 Å². The molecule has 1 heterocycles. The third kappa shape index (κ3) is 4.95. The van der Waals surface area contributed by atoms with E-state index < -0.39 is 21.9 Å².